The number of ether oxygens (including phenoxy) is 1. The summed E-state index contributed by atoms with van der Waals surface area (Å²) in [7, 11) is 0. The minimum Gasteiger partial charge on any atom is -0.493 e. The molecule has 19 heavy (non-hydrogen) atoms. The summed E-state index contributed by atoms with van der Waals surface area (Å²) in [6.45, 7) is 2.71. The van der Waals surface area contributed by atoms with Gasteiger partial charge in [-0.2, -0.15) is 0 Å². The van der Waals surface area contributed by atoms with Gasteiger partial charge in [0.15, 0.2) is 0 Å². The van der Waals surface area contributed by atoms with E-state index in [-0.39, 0.29) is 5.91 Å². The topological polar surface area (TPSA) is 54.1 Å². The van der Waals surface area contributed by atoms with Gasteiger partial charge in [-0.1, -0.05) is 0 Å². The number of hydrogen-bond donors (Lipinski definition) is 2. The average molecular weight is 256 g/mol. The van der Waals surface area contributed by atoms with Crippen LogP contribution < -0.4 is 10.1 Å². The molecule has 3 rings (SSSR count). The van der Waals surface area contributed by atoms with Crippen molar-refractivity contribution in [1.82, 2.24) is 4.98 Å². The molecule has 2 heterocycles. The number of anilines is 1. The highest BCUT2D eigenvalue weighted by atomic mass is 16.5. The molecular formula is C15H16N2O2. The molecule has 0 saturated carbocycles. The first-order valence-corrected chi connectivity index (χ1v) is 6.40. The highest BCUT2D eigenvalue weighted by Gasteiger charge is 2.13. The number of aryl methyl sites for hydroxylation is 1. The third kappa shape index (κ3) is 2.62. The smallest absolute Gasteiger partial charge is 0.228 e. The highest BCUT2D eigenvalue weighted by molar-refractivity contribution is 5.92. The predicted molar refractivity (Wildman–Crippen MR) is 73.5 cm³/mol. The Kier molecular flexibility index (Phi) is 2.99. The molecule has 0 unspecified atom stereocenters. The van der Waals surface area contributed by atoms with Gasteiger partial charge >= 0.3 is 0 Å². The van der Waals surface area contributed by atoms with Crippen molar-refractivity contribution in [1.29, 1.82) is 0 Å². The average Bonchev–Trinajstić information content (AvgIpc) is 2.97. The molecule has 2 N–H and O–H groups in total. The normalized spacial score (nSPS) is 12.9. The maximum Gasteiger partial charge on any atom is 0.228 e. The van der Waals surface area contributed by atoms with Crippen LogP contribution in [0.25, 0.3) is 0 Å². The van der Waals surface area contributed by atoms with E-state index >= 15 is 0 Å². The van der Waals surface area contributed by atoms with E-state index in [1.54, 1.807) is 0 Å². The van der Waals surface area contributed by atoms with Crippen molar-refractivity contribution in [3.8, 4) is 5.75 Å². The van der Waals surface area contributed by atoms with Crippen molar-refractivity contribution in [2.45, 2.75) is 19.8 Å². The zero-order valence-electron chi connectivity index (χ0n) is 10.8. The Morgan fingerprint density at radius 1 is 1.42 bits per heavy atom. The van der Waals surface area contributed by atoms with Crippen LogP contribution in [0.5, 0.6) is 5.75 Å². The summed E-state index contributed by atoms with van der Waals surface area (Å²) in [6, 6.07) is 7.77. The summed E-state index contributed by atoms with van der Waals surface area (Å²) in [5.74, 6) is 0.928. The molecule has 0 saturated heterocycles. The van der Waals surface area contributed by atoms with E-state index in [9.17, 15) is 4.79 Å². The van der Waals surface area contributed by atoms with E-state index in [0.29, 0.717) is 6.42 Å². The van der Waals surface area contributed by atoms with Gasteiger partial charge in [0.2, 0.25) is 5.91 Å². The number of rotatable bonds is 3. The molecule has 0 aliphatic carbocycles. The second-order valence-corrected chi connectivity index (χ2v) is 4.84. The Balaban J connectivity index is 1.66. The molecular weight excluding hydrogens is 240 g/mol. The second kappa shape index (κ2) is 4.80. The monoisotopic (exact) mass is 256 g/mol. The lowest BCUT2D eigenvalue weighted by Crippen LogP contribution is -2.14. The van der Waals surface area contributed by atoms with Gasteiger partial charge in [-0.3, -0.25) is 4.79 Å². The van der Waals surface area contributed by atoms with Crippen molar-refractivity contribution in [2.24, 2.45) is 0 Å². The molecule has 1 amide bonds. The van der Waals surface area contributed by atoms with Crippen molar-refractivity contribution in [3.05, 3.63) is 47.3 Å². The van der Waals surface area contributed by atoms with Gasteiger partial charge in [0.05, 0.1) is 13.0 Å². The summed E-state index contributed by atoms with van der Waals surface area (Å²) in [6.07, 6.45) is 3.17. The Bertz CT molecular complexity index is 616. The molecule has 0 fully saturated rings. The van der Waals surface area contributed by atoms with Crippen LogP contribution in [0.15, 0.2) is 30.5 Å². The third-order valence-electron chi connectivity index (χ3n) is 3.23. The lowest BCUT2D eigenvalue weighted by Gasteiger charge is -2.06. The molecule has 98 valence electrons. The van der Waals surface area contributed by atoms with Gasteiger partial charge in [0.25, 0.3) is 0 Å². The van der Waals surface area contributed by atoms with Crippen LogP contribution in [0, 0.1) is 6.92 Å². The number of carbonyl (C=O) groups excluding carboxylic acids is 1. The first-order chi connectivity index (χ1) is 9.20. The van der Waals surface area contributed by atoms with Gasteiger partial charge in [-0.25, -0.2) is 0 Å². The van der Waals surface area contributed by atoms with E-state index < -0.39 is 0 Å². The molecule has 4 nitrogen and oxygen atoms in total. The van der Waals surface area contributed by atoms with Crippen LogP contribution in [-0.4, -0.2) is 17.5 Å². The fourth-order valence-electron chi connectivity index (χ4n) is 2.32. The number of fused-ring (bicyclic) bond motifs is 1. The van der Waals surface area contributed by atoms with E-state index in [1.807, 2.05) is 37.4 Å². The summed E-state index contributed by atoms with van der Waals surface area (Å²) < 4.78 is 5.44. The van der Waals surface area contributed by atoms with Gasteiger partial charge < -0.3 is 15.0 Å². The Morgan fingerprint density at radius 3 is 3.11 bits per heavy atom. The Morgan fingerprint density at radius 2 is 2.32 bits per heavy atom. The maximum absolute atomic E-state index is 11.9. The minimum absolute atomic E-state index is 0.00198. The summed E-state index contributed by atoms with van der Waals surface area (Å²) in [5, 5.41) is 2.92. The highest BCUT2D eigenvalue weighted by Crippen LogP contribution is 2.27. The van der Waals surface area contributed by atoms with E-state index in [2.05, 4.69) is 10.3 Å². The molecule has 1 aromatic carbocycles. The first-order valence-electron chi connectivity index (χ1n) is 6.40. The second-order valence-electron chi connectivity index (χ2n) is 4.84. The number of aromatic nitrogens is 1. The Hall–Kier alpha value is -2.23. The zero-order chi connectivity index (χ0) is 13.2. The summed E-state index contributed by atoms with van der Waals surface area (Å²) in [4.78, 5) is 15.0. The standard InChI is InChI=1S/C15H16N2O2/c1-10-6-11(9-16-10)7-15(18)17-13-2-3-14-12(8-13)4-5-19-14/h2-3,6,8-9,16H,4-5,7H2,1H3,(H,17,18). The fraction of sp³-hybridized carbons (Fsp3) is 0.267. The van der Waals surface area contributed by atoms with Crippen LogP contribution in [0.2, 0.25) is 0 Å². The number of H-pyrrole nitrogens is 1. The quantitative estimate of drug-likeness (QED) is 0.886. The van der Waals surface area contributed by atoms with Crippen molar-refractivity contribution in [2.75, 3.05) is 11.9 Å². The number of amides is 1. The van der Waals surface area contributed by atoms with Crippen molar-refractivity contribution >= 4 is 11.6 Å². The maximum atomic E-state index is 11.9. The summed E-state index contributed by atoms with van der Waals surface area (Å²) in [5.41, 5.74) is 4.06. The fourth-order valence-corrected chi connectivity index (χ4v) is 2.32. The largest absolute Gasteiger partial charge is 0.493 e. The van der Waals surface area contributed by atoms with Gasteiger partial charge in [0, 0.05) is 24.0 Å². The van der Waals surface area contributed by atoms with Gasteiger partial charge in [-0.15, -0.1) is 0 Å². The molecule has 1 aromatic heterocycles. The summed E-state index contributed by atoms with van der Waals surface area (Å²) >= 11 is 0. The van der Waals surface area contributed by atoms with Crippen molar-refractivity contribution in [3.63, 3.8) is 0 Å². The van der Waals surface area contributed by atoms with Crippen LogP contribution in [-0.2, 0) is 17.6 Å². The number of aromatic amines is 1. The lowest BCUT2D eigenvalue weighted by atomic mass is 10.1. The molecule has 1 aliphatic heterocycles. The SMILES string of the molecule is Cc1cc(CC(=O)Nc2ccc3c(c2)CCO3)c[nH]1. The van der Waals surface area contributed by atoms with E-state index in [1.165, 1.54) is 0 Å². The molecule has 1 aliphatic rings. The minimum atomic E-state index is -0.00198. The predicted octanol–water partition coefficient (Wildman–Crippen LogP) is 2.44. The number of carbonyl (C=O) groups is 1. The zero-order valence-corrected chi connectivity index (χ0v) is 10.8. The lowest BCUT2D eigenvalue weighted by molar-refractivity contribution is -0.115. The van der Waals surface area contributed by atoms with Crippen LogP contribution in [0.4, 0.5) is 5.69 Å². The van der Waals surface area contributed by atoms with E-state index in [0.717, 1.165) is 41.3 Å². The molecule has 4 heteroatoms. The molecule has 0 atom stereocenters. The molecule has 0 radical (unpaired) electrons. The number of benzene rings is 1. The molecule has 2 aromatic rings. The Labute approximate surface area is 111 Å². The van der Waals surface area contributed by atoms with Gasteiger partial charge in [-0.05, 0) is 42.3 Å². The van der Waals surface area contributed by atoms with Crippen LogP contribution >= 0.6 is 0 Å². The first kappa shape index (κ1) is 11.8. The van der Waals surface area contributed by atoms with Crippen molar-refractivity contribution < 1.29 is 9.53 Å². The number of nitrogens with one attached hydrogen (secondary N) is 2. The number of hydrogen-bond acceptors (Lipinski definition) is 2. The third-order valence-corrected chi connectivity index (χ3v) is 3.23. The van der Waals surface area contributed by atoms with E-state index in [4.69, 9.17) is 4.74 Å². The molecule has 0 spiro atoms. The van der Waals surface area contributed by atoms with Crippen LogP contribution in [0.3, 0.4) is 0 Å². The van der Waals surface area contributed by atoms with Crippen LogP contribution in [0.1, 0.15) is 16.8 Å². The molecule has 0 bridgehead atoms. The van der Waals surface area contributed by atoms with Gasteiger partial charge in [0.1, 0.15) is 5.75 Å².